The molecule has 0 radical (unpaired) electrons. The van der Waals surface area contributed by atoms with Crippen LogP contribution in [0.2, 0.25) is 0 Å². The Bertz CT molecular complexity index is 519. The van der Waals surface area contributed by atoms with Crippen LogP contribution in [0, 0.1) is 0 Å². The summed E-state index contributed by atoms with van der Waals surface area (Å²) < 4.78 is 0.808. The number of nitrogen functional groups attached to an aromatic ring is 1. The minimum Gasteiger partial charge on any atom is -0.383 e. The van der Waals surface area contributed by atoms with Crippen molar-refractivity contribution in [2.45, 2.75) is 18.8 Å². The van der Waals surface area contributed by atoms with Crippen molar-refractivity contribution >= 4 is 21.7 Å². The molecule has 0 atom stereocenters. The monoisotopic (exact) mass is 280 g/mol. The molecule has 1 aliphatic rings. The van der Waals surface area contributed by atoms with Crippen molar-refractivity contribution in [3.8, 4) is 11.5 Å². The second kappa shape index (κ2) is 3.51. The minimum absolute atomic E-state index is 0.454. The van der Waals surface area contributed by atoms with Crippen molar-refractivity contribution in [1.82, 2.24) is 25.4 Å². The third-order valence-corrected chi connectivity index (χ3v) is 3.32. The molecular weight excluding hydrogens is 272 g/mol. The van der Waals surface area contributed by atoms with E-state index in [2.05, 4.69) is 41.3 Å². The van der Waals surface area contributed by atoms with E-state index < -0.39 is 0 Å². The van der Waals surface area contributed by atoms with Crippen molar-refractivity contribution in [3.63, 3.8) is 0 Å². The number of hydrogen-bond donors (Lipinski definition) is 2. The topological polar surface area (TPSA) is 93.4 Å². The van der Waals surface area contributed by atoms with Gasteiger partial charge in [0.05, 0.1) is 16.4 Å². The first-order valence-corrected chi connectivity index (χ1v) is 5.74. The lowest BCUT2D eigenvalue weighted by atomic mass is 10.2. The number of hydrogen-bond acceptors (Lipinski definition) is 5. The van der Waals surface area contributed by atoms with Gasteiger partial charge in [-0.05, 0) is 28.8 Å². The second-order valence-corrected chi connectivity index (χ2v) is 4.55. The SMILES string of the molecule is Nc1nc(-c2cn[nH]n2)nc(C2CC2)c1Br. The zero-order valence-electron chi connectivity index (χ0n) is 8.31. The highest BCUT2D eigenvalue weighted by molar-refractivity contribution is 9.10. The van der Waals surface area contributed by atoms with Crippen LogP contribution in [0.3, 0.4) is 0 Å². The van der Waals surface area contributed by atoms with Gasteiger partial charge in [0.2, 0.25) is 0 Å². The standard InChI is InChI=1S/C9H9BrN6/c10-6-7(4-1-2-4)13-9(14-8(6)11)5-3-12-16-15-5/h3-4H,1-2H2,(H2,11,13,14)(H,12,15,16). The molecule has 82 valence electrons. The van der Waals surface area contributed by atoms with E-state index in [-0.39, 0.29) is 0 Å². The van der Waals surface area contributed by atoms with Crippen LogP contribution in [0.1, 0.15) is 24.5 Å². The highest BCUT2D eigenvalue weighted by Gasteiger charge is 2.29. The zero-order valence-corrected chi connectivity index (χ0v) is 9.90. The van der Waals surface area contributed by atoms with Crippen LogP contribution in [0.25, 0.3) is 11.5 Å². The summed E-state index contributed by atoms with van der Waals surface area (Å²) in [5, 5.41) is 10.2. The van der Waals surface area contributed by atoms with Gasteiger partial charge in [-0.3, -0.25) is 0 Å². The molecule has 7 heteroatoms. The van der Waals surface area contributed by atoms with Crippen LogP contribution in [0.5, 0.6) is 0 Å². The molecule has 2 aromatic rings. The van der Waals surface area contributed by atoms with Crippen LogP contribution in [-0.4, -0.2) is 25.4 Å². The van der Waals surface area contributed by atoms with Crippen molar-refractivity contribution in [2.24, 2.45) is 0 Å². The van der Waals surface area contributed by atoms with Crippen molar-refractivity contribution < 1.29 is 0 Å². The Hall–Kier alpha value is -1.50. The van der Waals surface area contributed by atoms with Gasteiger partial charge in [-0.25, -0.2) is 9.97 Å². The molecule has 0 spiro atoms. The number of halogens is 1. The fourth-order valence-electron chi connectivity index (χ4n) is 1.53. The fraction of sp³-hybridized carbons (Fsp3) is 0.333. The molecule has 0 saturated heterocycles. The summed E-state index contributed by atoms with van der Waals surface area (Å²) in [4.78, 5) is 8.66. The van der Waals surface area contributed by atoms with Crippen LogP contribution in [0.15, 0.2) is 10.7 Å². The summed E-state index contributed by atoms with van der Waals surface area (Å²) in [5.74, 6) is 1.48. The number of aromatic nitrogens is 5. The van der Waals surface area contributed by atoms with E-state index in [1.165, 1.54) is 0 Å². The molecule has 3 N–H and O–H groups in total. The van der Waals surface area contributed by atoms with Gasteiger partial charge in [-0.15, -0.1) is 0 Å². The zero-order chi connectivity index (χ0) is 11.1. The smallest absolute Gasteiger partial charge is 0.184 e. The first kappa shape index (κ1) is 9.71. The highest BCUT2D eigenvalue weighted by Crippen LogP contribution is 2.43. The Morgan fingerprint density at radius 2 is 2.19 bits per heavy atom. The summed E-state index contributed by atoms with van der Waals surface area (Å²) in [6.07, 6.45) is 3.90. The van der Waals surface area contributed by atoms with Crippen LogP contribution < -0.4 is 5.73 Å². The van der Waals surface area contributed by atoms with E-state index in [0.717, 1.165) is 23.0 Å². The number of aromatic amines is 1. The normalized spacial score (nSPS) is 15.3. The molecule has 0 unspecified atom stereocenters. The Balaban J connectivity index is 2.13. The predicted octanol–water partition coefficient (Wildman–Crippen LogP) is 1.48. The Labute approximate surface area is 99.8 Å². The van der Waals surface area contributed by atoms with E-state index in [1.54, 1.807) is 6.20 Å². The maximum Gasteiger partial charge on any atom is 0.184 e. The average Bonchev–Trinajstić information content (AvgIpc) is 2.96. The summed E-state index contributed by atoms with van der Waals surface area (Å²) >= 11 is 3.42. The fourth-order valence-corrected chi connectivity index (χ4v) is 2.03. The second-order valence-electron chi connectivity index (χ2n) is 3.76. The molecule has 2 aromatic heterocycles. The van der Waals surface area contributed by atoms with Crippen molar-refractivity contribution in [1.29, 1.82) is 0 Å². The van der Waals surface area contributed by atoms with Gasteiger partial charge in [0, 0.05) is 5.92 Å². The quantitative estimate of drug-likeness (QED) is 0.869. The predicted molar refractivity (Wildman–Crippen MR) is 61.5 cm³/mol. The molecule has 1 fully saturated rings. The average molecular weight is 281 g/mol. The lowest BCUT2D eigenvalue weighted by Crippen LogP contribution is -2.02. The summed E-state index contributed by atoms with van der Waals surface area (Å²) in [5.41, 5.74) is 7.43. The molecule has 2 heterocycles. The lowest BCUT2D eigenvalue weighted by Gasteiger charge is -2.06. The van der Waals surface area contributed by atoms with E-state index in [4.69, 9.17) is 5.73 Å². The maximum absolute atomic E-state index is 5.84. The van der Waals surface area contributed by atoms with E-state index in [9.17, 15) is 0 Å². The number of nitrogens with two attached hydrogens (primary N) is 1. The number of H-pyrrole nitrogens is 1. The molecule has 0 aromatic carbocycles. The van der Waals surface area contributed by atoms with Crippen molar-refractivity contribution in [2.75, 3.05) is 5.73 Å². The summed E-state index contributed by atoms with van der Waals surface area (Å²) in [7, 11) is 0. The third kappa shape index (κ3) is 1.57. The number of nitrogens with zero attached hydrogens (tertiary/aromatic N) is 4. The number of anilines is 1. The maximum atomic E-state index is 5.84. The van der Waals surface area contributed by atoms with E-state index in [0.29, 0.717) is 23.3 Å². The molecule has 6 nitrogen and oxygen atoms in total. The van der Waals surface area contributed by atoms with E-state index in [1.807, 2.05) is 0 Å². The van der Waals surface area contributed by atoms with Gasteiger partial charge >= 0.3 is 0 Å². The first-order valence-electron chi connectivity index (χ1n) is 4.94. The molecular formula is C9H9BrN6. The Morgan fingerprint density at radius 1 is 1.38 bits per heavy atom. The number of rotatable bonds is 2. The van der Waals surface area contributed by atoms with Gasteiger partial charge in [-0.1, -0.05) is 0 Å². The minimum atomic E-state index is 0.454. The van der Waals surface area contributed by atoms with Crippen LogP contribution >= 0.6 is 15.9 Å². The van der Waals surface area contributed by atoms with Gasteiger partial charge in [-0.2, -0.15) is 15.4 Å². The first-order chi connectivity index (χ1) is 7.75. The molecule has 1 saturated carbocycles. The summed E-state index contributed by atoms with van der Waals surface area (Å²) in [6.45, 7) is 0. The Kier molecular flexibility index (Phi) is 2.13. The third-order valence-electron chi connectivity index (χ3n) is 2.51. The molecule has 0 aliphatic heterocycles. The van der Waals surface area contributed by atoms with E-state index >= 15 is 0 Å². The molecule has 16 heavy (non-hydrogen) atoms. The Morgan fingerprint density at radius 3 is 2.81 bits per heavy atom. The molecule has 0 bridgehead atoms. The molecule has 1 aliphatic carbocycles. The van der Waals surface area contributed by atoms with Gasteiger partial charge in [0.15, 0.2) is 5.82 Å². The molecule has 3 rings (SSSR count). The van der Waals surface area contributed by atoms with Crippen molar-refractivity contribution in [3.05, 3.63) is 16.4 Å². The highest BCUT2D eigenvalue weighted by atomic mass is 79.9. The lowest BCUT2D eigenvalue weighted by molar-refractivity contribution is 0.932. The molecule has 0 amide bonds. The van der Waals surface area contributed by atoms with Gasteiger partial charge in [0.1, 0.15) is 11.5 Å². The van der Waals surface area contributed by atoms with Crippen LogP contribution in [-0.2, 0) is 0 Å². The largest absolute Gasteiger partial charge is 0.383 e. The van der Waals surface area contributed by atoms with Gasteiger partial charge < -0.3 is 5.73 Å². The van der Waals surface area contributed by atoms with Gasteiger partial charge in [0.25, 0.3) is 0 Å². The number of nitrogens with one attached hydrogen (secondary N) is 1. The summed E-state index contributed by atoms with van der Waals surface area (Å²) in [6, 6.07) is 0. The van der Waals surface area contributed by atoms with Crippen LogP contribution in [0.4, 0.5) is 5.82 Å².